The van der Waals surface area contributed by atoms with Gasteiger partial charge in [0.25, 0.3) is 0 Å². The molecule has 0 saturated carbocycles. The van der Waals surface area contributed by atoms with E-state index in [-0.39, 0.29) is 0 Å². The maximum atomic E-state index is 12.9. The van der Waals surface area contributed by atoms with E-state index in [1.165, 1.54) is 7.11 Å². The molecule has 0 heterocycles. The Hall–Kier alpha value is -2.54. The molecule has 0 saturated heterocycles. The fourth-order valence-corrected chi connectivity index (χ4v) is 4.16. The Balaban J connectivity index is 2.46. The highest BCUT2D eigenvalue weighted by atomic mass is 32.2. The summed E-state index contributed by atoms with van der Waals surface area (Å²) in [5, 5.41) is 2.87. The van der Waals surface area contributed by atoms with Gasteiger partial charge in [-0.15, -0.1) is 0 Å². The van der Waals surface area contributed by atoms with Crippen LogP contribution in [0.2, 0.25) is 0 Å². The first-order chi connectivity index (χ1) is 12.6. The van der Waals surface area contributed by atoms with Crippen LogP contribution in [-0.4, -0.2) is 33.7 Å². The number of sulfonamides is 1. The Labute approximate surface area is 161 Å². The number of amides is 1. The van der Waals surface area contributed by atoms with Gasteiger partial charge in [-0.05, 0) is 56.5 Å². The van der Waals surface area contributed by atoms with Crippen molar-refractivity contribution in [3.63, 3.8) is 0 Å². The minimum absolute atomic E-state index is 0.337. The molecule has 1 atom stereocenters. The standard InChI is InChI=1S/C20H26N2O4S/c1-13-10-11-18(26-5)17(12-13)22(27(6,24)25)16(4)20(23)21-19-14(2)8-7-9-15(19)3/h7-12,16H,1-6H3,(H,21,23)/t16-/m1/s1. The van der Waals surface area contributed by atoms with E-state index in [9.17, 15) is 13.2 Å². The third-order valence-electron chi connectivity index (χ3n) is 4.39. The van der Waals surface area contributed by atoms with Gasteiger partial charge in [-0.25, -0.2) is 8.42 Å². The van der Waals surface area contributed by atoms with Crippen LogP contribution < -0.4 is 14.4 Å². The number of rotatable bonds is 6. The number of anilines is 2. The van der Waals surface area contributed by atoms with Crippen molar-refractivity contribution in [2.24, 2.45) is 0 Å². The second-order valence-corrected chi connectivity index (χ2v) is 8.53. The van der Waals surface area contributed by atoms with Crippen molar-refractivity contribution in [1.82, 2.24) is 0 Å². The summed E-state index contributed by atoms with van der Waals surface area (Å²) in [7, 11) is -2.26. The fourth-order valence-electron chi connectivity index (χ4n) is 2.99. The molecule has 0 radical (unpaired) electrons. The Morgan fingerprint density at radius 1 is 1.11 bits per heavy atom. The van der Waals surface area contributed by atoms with E-state index in [2.05, 4.69) is 5.32 Å². The van der Waals surface area contributed by atoms with Gasteiger partial charge in [-0.3, -0.25) is 9.10 Å². The average molecular weight is 391 g/mol. The molecule has 0 bridgehead atoms. The van der Waals surface area contributed by atoms with Crippen molar-refractivity contribution in [3.05, 3.63) is 53.1 Å². The van der Waals surface area contributed by atoms with E-state index in [1.807, 2.05) is 45.0 Å². The predicted octanol–water partition coefficient (Wildman–Crippen LogP) is 3.41. The first-order valence-corrected chi connectivity index (χ1v) is 10.4. The highest BCUT2D eigenvalue weighted by molar-refractivity contribution is 7.92. The highest BCUT2D eigenvalue weighted by Gasteiger charge is 2.31. The molecular weight excluding hydrogens is 364 g/mol. The summed E-state index contributed by atoms with van der Waals surface area (Å²) in [5.41, 5.74) is 3.72. The van der Waals surface area contributed by atoms with Crippen LogP contribution in [0.4, 0.5) is 11.4 Å². The van der Waals surface area contributed by atoms with Gasteiger partial charge < -0.3 is 10.1 Å². The maximum absolute atomic E-state index is 12.9. The lowest BCUT2D eigenvalue weighted by Crippen LogP contribution is -2.45. The number of benzene rings is 2. The van der Waals surface area contributed by atoms with Crippen molar-refractivity contribution < 1.29 is 17.9 Å². The van der Waals surface area contributed by atoms with Crippen molar-refractivity contribution in [2.75, 3.05) is 23.0 Å². The number of methoxy groups -OCH3 is 1. The summed E-state index contributed by atoms with van der Waals surface area (Å²) in [6.45, 7) is 7.20. The number of hydrogen-bond donors (Lipinski definition) is 1. The highest BCUT2D eigenvalue weighted by Crippen LogP contribution is 2.33. The summed E-state index contributed by atoms with van der Waals surface area (Å²) < 4.78 is 31.5. The van der Waals surface area contributed by atoms with Gasteiger partial charge in [0.05, 0.1) is 19.1 Å². The quantitative estimate of drug-likeness (QED) is 0.820. The zero-order valence-corrected chi connectivity index (χ0v) is 17.3. The lowest BCUT2D eigenvalue weighted by atomic mass is 10.1. The van der Waals surface area contributed by atoms with Crippen LogP contribution in [0.15, 0.2) is 36.4 Å². The molecule has 1 amide bonds. The molecule has 7 heteroatoms. The lowest BCUT2D eigenvalue weighted by molar-refractivity contribution is -0.116. The second kappa shape index (κ2) is 8.00. The first-order valence-electron chi connectivity index (χ1n) is 8.57. The Kier molecular flexibility index (Phi) is 6.15. The number of carbonyl (C=O) groups is 1. The molecule has 2 aromatic rings. The molecule has 0 aromatic heterocycles. The first kappa shape index (κ1) is 20.8. The molecule has 2 rings (SSSR count). The summed E-state index contributed by atoms with van der Waals surface area (Å²) in [6.07, 6.45) is 1.08. The van der Waals surface area contributed by atoms with Crippen LogP contribution in [0.25, 0.3) is 0 Å². The molecule has 0 aliphatic heterocycles. The summed E-state index contributed by atoms with van der Waals surface area (Å²) in [6, 6.07) is 9.95. The normalized spacial score (nSPS) is 12.4. The van der Waals surface area contributed by atoms with E-state index in [1.54, 1.807) is 19.1 Å². The van der Waals surface area contributed by atoms with Crippen LogP contribution in [0.3, 0.4) is 0 Å². The molecule has 6 nitrogen and oxygen atoms in total. The number of aryl methyl sites for hydroxylation is 3. The van der Waals surface area contributed by atoms with E-state index in [4.69, 9.17) is 4.74 Å². The minimum Gasteiger partial charge on any atom is -0.495 e. The van der Waals surface area contributed by atoms with E-state index in [0.717, 1.165) is 27.3 Å². The van der Waals surface area contributed by atoms with Crippen LogP contribution >= 0.6 is 0 Å². The molecule has 27 heavy (non-hydrogen) atoms. The molecule has 0 aliphatic carbocycles. The van der Waals surface area contributed by atoms with Gasteiger partial charge in [0.1, 0.15) is 11.8 Å². The van der Waals surface area contributed by atoms with Gasteiger partial charge in [0.2, 0.25) is 15.9 Å². The van der Waals surface area contributed by atoms with Gasteiger partial charge in [0.15, 0.2) is 0 Å². The summed E-state index contributed by atoms with van der Waals surface area (Å²) in [5.74, 6) is -0.0286. The summed E-state index contributed by atoms with van der Waals surface area (Å²) in [4.78, 5) is 12.9. The molecule has 2 aromatic carbocycles. The van der Waals surface area contributed by atoms with Crippen LogP contribution in [0, 0.1) is 20.8 Å². The van der Waals surface area contributed by atoms with E-state index < -0.39 is 22.0 Å². The largest absolute Gasteiger partial charge is 0.495 e. The van der Waals surface area contributed by atoms with E-state index >= 15 is 0 Å². The van der Waals surface area contributed by atoms with Crippen molar-refractivity contribution in [3.8, 4) is 5.75 Å². The number of para-hydroxylation sites is 1. The monoisotopic (exact) mass is 390 g/mol. The Bertz CT molecular complexity index is 934. The van der Waals surface area contributed by atoms with E-state index in [0.29, 0.717) is 17.1 Å². The van der Waals surface area contributed by atoms with Crippen LogP contribution in [0.5, 0.6) is 5.75 Å². The Morgan fingerprint density at radius 2 is 1.70 bits per heavy atom. The fraction of sp³-hybridized carbons (Fsp3) is 0.350. The molecule has 0 spiro atoms. The number of hydrogen-bond acceptors (Lipinski definition) is 4. The molecule has 0 fully saturated rings. The smallest absolute Gasteiger partial charge is 0.248 e. The van der Waals surface area contributed by atoms with Crippen molar-refractivity contribution in [2.45, 2.75) is 33.7 Å². The van der Waals surface area contributed by atoms with Gasteiger partial charge in [0, 0.05) is 5.69 Å². The van der Waals surface area contributed by atoms with Crippen molar-refractivity contribution in [1.29, 1.82) is 0 Å². The SMILES string of the molecule is COc1ccc(C)cc1N([C@H](C)C(=O)Nc1c(C)cccc1C)S(C)(=O)=O. The minimum atomic E-state index is -3.73. The second-order valence-electron chi connectivity index (χ2n) is 6.67. The number of nitrogens with zero attached hydrogens (tertiary/aromatic N) is 1. The third-order valence-corrected chi connectivity index (χ3v) is 5.62. The molecule has 1 N–H and O–H groups in total. The van der Waals surface area contributed by atoms with Crippen LogP contribution in [-0.2, 0) is 14.8 Å². The average Bonchev–Trinajstić information content (AvgIpc) is 2.57. The third kappa shape index (κ3) is 4.60. The predicted molar refractivity (Wildman–Crippen MR) is 109 cm³/mol. The number of carbonyl (C=O) groups excluding carboxylic acids is 1. The maximum Gasteiger partial charge on any atom is 0.248 e. The molecule has 0 unspecified atom stereocenters. The summed E-state index contributed by atoms with van der Waals surface area (Å²) >= 11 is 0. The van der Waals surface area contributed by atoms with Crippen molar-refractivity contribution >= 4 is 27.3 Å². The molecule has 146 valence electrons. The van der Waals surface area contributed by atoms with Crippen LogP contribution in [0.1, 0.15) is 23.6 Å². The lowest BCUT2D eigenvalue weighted by Gasteiger charge is -2.30. The number of ether oxygens (including phenoxy) is 1. The zero-order chi connectivity index (χ0) is 20.4. The topological polar surface area (TPSA) is 75.7 Å². The molecular formula is C20H26N2O4S. The van der Waals surface area contributed by atoms with Gasteiger partial charge >= 0.3 is 0 Å². The van der Waals surface area contributed by atoms with Gasteiger partial charge in [-0.1, -0.05) is 24.3 Å². The molecule has 0 aliphatic rings. The number of nitrogens with one attached hydrogen (secondary N) is 1. The zero-order valence-electron chi connectivity index (χ0n) is 16.5. The van der Waals surface area contributed by atoms with Gasteiger partial charge in [-0.2, -0.15) is 0 Å². The Morgan fingerprint density at radius 3 is 2.22 bits per heavy atom.